The highest BCUT2D eigenvalue weighted by molar-refractivity contribution is 6.32. The van der Waals surface area contributed by atoms with Crippen LogP contribution in [-0.2, 0) is 0 Å². The van der Waals surface area contributed by atoms with Gasteiger partial charge in [-0.2, -0.15) is 19.3 Å². The molecule has 0 saturated heterocycles. The van der Waals surface area contributed by atoms with Crippen LogP contribution in [0.25, 0.3) is 0 Å². The molecule has 92 valence electrons. The Labute approximate surface area is 107 Å². The van der Waals surface area contributed by atoms with Gasteiger partial charge in [0.2, 0.25) is 0 Å². The van der Waals surface area contributed by atoms with Crippen molar-refractivity contribution in [1.82, 2.24) is 0 Å². The van der Waals surface area contributed by atoms with Crippen molar-refractivity contribution in [3.63, 3.8) is 0 Å². The summed E-state index contributed by atoms with van der Waals surface area (Å²) in [6.07, 6.45) is 1.07. The zero-order chi connectivity index (χ0) is 13.5. The average molecular weight is 270 g/mol. The number of rotatable bonds is 4. The number of anilines is 1. The third-order valence-electron chi connectivity index (χ3n) is 1.79. The summed E-state index contributed by atoms with van der Waals surface area (Å²) < 4.78 is 28.6. The zero-order valence-electron chi connectivity index (χ0n) is 8.82. The first-order valence-electron chi connectivity index (χ1n) is 4.58. The van der Waals surface area contributed by atoms with Crippen LogP contribution in [0.2, 0.25) is 5.02 Å². The van der Waals surface area contributed by atoms with Crippen LogP contribution in [0.4, 0.5) is 14.5 Å². The second kappa shape index (κ2) is 6.43. The molecule has 7 heteroatoms. The number of halogens is 3. The van der Waals surface area contributed by atoms with Crippen molar-refractivity contribution < 1.29 is 13.5 Å². The number of hydrogen-bond acceptors (Lipinski definition) is 4. The molecular weight excluding hydrogens is 264 g/mol. The lowest BCUT2D eigenvalue weighted by molar-refractivity contribution is -0.0492. The van der Waals surface area contributed by atoms with Gasteiger partial charge in [0.15, 0.2) is 5.75 Å². The molecule has 0 atom stereocenters. The zero-order valence-corrected chi connectivity index (χ0v) is 9.58. The molecular formula is C11H6ClF2N3O. The largest absolute Gasteiger partial charge is 0.431 e. The predicted molar refractivity (Wildman–Crippen MR) is 61.0 cm³/mol. The first-order chi connectivity index (χ1) is 8.58. The van der Waals surface area contributed by atoms with Gasteiger partial charge in [0.1, 0.15) is 17.7 Å². The minimum Gasteiger partial charge on any atom is -0.431 e. The summed E-state index contributed by atoms with van der Waals surface area (Å²) >= 11 is 5.71. The van der Waals surface area contributed by atoms with Crippen molar-refractivity contribution in [2.45, 2.75) is 6.61 Å². The van der Waals surface area contributed by atoms with Crippen molar-refractivity contribution in [2.24, 2.45) is 0 Å². The third-order valence-corrected chi connectivity index (χ3v) is 2.08. The van der Waals surface area contributed by atoms with Gasteiger partial charge < -0.3 is 10.1 Å². The standard InChI is InChI=1S/C11H6ClF2N3O/c12-8-2-1-3-9(10(8)18-11(13)14)17-6-7(4-15)5-16/h1-3,6,11,17H. The molecule has 0 spiro atoms. The number of alkyl halides is 2. The third kappa shape index (κ3) is 3.62. The Morgan fingerprint density at radius 1 is 1.39 bits per heavy atom. The summed E-state index contributed by atoms with van der Waals surface area (Å²) in [4.78, 5) is 0. The maximum Gasteiger partial charge on any atom is 0.387 e. The molecule has 0 unspecified atom stereocenters. The maximum absolute atomic E-state index is 12.2. The highest BCUT2D eigenvalue weighted by Gasteiger charge is 2.12. The Hall–Kier alpha value is -2.31. The average Bonchev–Trinajstić information content (AvgIpc) is 2.34. The lowest BCUT2D eigenvalue weighted by Crippen LogP contribution is -2.05. The van der Waals surface area contributed by atoms with E-state index in [2.05, 4.69) is 10.1 Å². The quantitative estimate of drug-likeness (QED) is 0.852. The number of ether oxygens (including phenoxy) is 1. The van der Waals surface area contributed by atoms with E-state index in [1.165, 1.54) is 18.2 Å². The fourth-order valence-electron chi connectivity index (χ4n) is 1.07. The van der Waals surface area contributed by atoms with Crippen LogP contribution in [0.15, 0.2) is 30.0 Å². The van der Waals surface area contributed by atoms with E-state index in [1.54, 1.807) is 12.1 Å². The van der Waals surface area contributed by atoms with E-state index in [-0.39, 0.29) is 22.0 Å². The van der Waals surface area contributed by atoms with E-state index < -0.39 is 6.61 Å². The van der Waals surface area contributed by atoms with Crippen molar-refractivity contribution in [3.05, 3.63) is 35.0 Å². The van der Waals surface area contributed by atoms with Crippen LogP contribution in [0.5, 0.6) is 5.75 Å². The lowest BCUT2D eigenvalue weighted by atomic mass is 10.3. The fraction of sp³-hybridized carbons (Fsp3) is 0.0909. The van der Waals surface area contributed by atoms with Crippen molar-refractivity contribution in [2.75, 3.05) is 5.32 Å². The Kier molecular flexibility index (Phi) is 4.91. The van der Waals surface area contributed by atoms with Gasteiger partial charge in [-0.1, -0.05) is 17.7 Å². The molecule has 0 aliphatic rings. The van der Waals surface area contributed by atoms with Gasteiger partial charge in [-0.25, -0.2) is 0 Å². The second-order valence-corrected chi connectivity index (χ2v) is 3.33. The van der Waals surface area contributed by atoms with E-state index in [1.807, 2.05) is 0 Å². The summed E-state index contributed by atoms with van der Waals surface area (Å²) in [5.41, 5.74) is -0.0798. The highest BCUT2D eigenvalue weighted by atomic mass is 35.5. The normalized spacial score (nSPS) is 9.22. The summed E-state index contributed by atoms with van der Waals surface area (Å²) in [5.74, 6) is -0.249. The number of nitrogens with one attached hydrogen (secondary N) is 1. The van der Waals surface area contributed by atoms with Crippen LogP contribution >= 0.6 is 11.6 Å². The molecule has 0 radical (unpaired) electrons. The molecule has 1 N–H and O–H groups in total. The summed E-state index contributed by atoms with van der Waals surface area (Å²) in [6.45, 7) is -3.03. The molecule has 0 heterocycles. The minimum atomic E-state index is -3.03. The first-order valence-corrected chi connectivity index (χ1v) is 4.96. The van der Waals surface area contributed by atoms with Gasteiger partial charge >= 0.3 is 6.61 Å². The number of nitrogens with zero attached hydrogens (tertiary/aromatic N) is 2. The number of benzene rings is 1. The Balaban J connectivity index is 3.03. The first kappa shape index (κ1) is 13.8. The Bertz CT molecular complexity index is 530. The van der Waals surface area contributed by atoms with Gasteiger partial charge in [-0.3, -0.25) is 0 Å². The number of hydrogen-bond donors (Lipinski definition) is 1. The molecule has 0 aliphatic carbocycles. The van der Waals surface area contributed by atoms with Crippen LogP contribution in [0, 0.1) is 22.7 Å². The second-order valence-electron chi connectivity index (χ2n) is 2.92. The number of para-hydroxylation sites is 1. The number of nitriles is 2. The van der Waals surface area contributed by atoms with E-state index in [0.717, 1.165) is 6.20 Å². The minimum absolute atomic E-state index is 0.0100. The van der Waals surface area contributed by atoms with Crippen molar-refractivity contribution >= 4 is 17.3 Å². The molecule has 18 heavy (non-hydrogen) atoms. The van der Waals surface area contributed by atoms with Crippen LogP contribution in [0.3, 0.4) is 0 Å². The highest BCUT2D eigenvalue weighted by Crippen LogP contribution is 2.34. The van der Waals surface area contributed by atoms with Gasteiger partial charge in [-0.15, -0.1) is 0 Å². The molecule has 0 bridgehead atoms. The molecule has 0 amide bonds. The van der Waals surface area contributed by atoms with Gasteiger partial charge in [0.05, 0.1) is 10.7 Å². The summed E-state index contributed by atoms with van der Waals surface area (Å²) in [5, 5.41) is 19.5. The Morgan fingerprint density at radius 3 is 2.61 bits per heavy atom. The van der Waals surface area contributed by atoms with Crippen molar-refractivity contribution in [1.29, 1.82) is 10.5 Å². The van der Waals surface area contributed by atoms with E-state index in [9.17, 15) is 8.78 Å². The Morgan fingerprint density at radius 2 is 2.06 bits per heavy atom. The smallest absolute Gasteiger partial charge is 0.387 e. The predicted octanol–water partition coefficient (Wildman–Crippen LogP) is 3.28. The topological polar surface area (TPSA) is 68.8 Å². The molecule has 0 saturated carbocycles. The summed E-state index contributed by atoms with van der Waals surface area (Å²) in [6, 6.07) is 7.54. The number of allylic oxidation sites excluding steroid dienone is 1. The van der Waals surface area contributed by atoms with Gasteiger partial charge in [0.25, 0.3) is 0 Å². The molecule has 1 aromatic carbocycles. The molecule has 1 rings (SSSR count). The van der Waals surface area contributed by atoms with Crippen molar-refractivity contribution in [3.8, 4) is 17.9 Å². The van der Waals surface area contributed by atoms with Crippen LogP contribution in [0.1, 0.15) is 0 Å². The van der Waals surface area contributed by atoms with Gasteiger partial charge in [-0.05, 0) is 12.1 Å². The summed E-state index contributed by atoms with van der Waals surface area (Å²) in [7, 11) is 0. The van der Waals surface area contributed by atoms with E-state index in [0.29, 0.717) is 0 Å². The lowest BCUT2D eigenvalue weighted by Gasteiger charge is -2.11. The molecule has 4 nitrogen and oxygen atoms in total. The van der Waals surface area contributed by atoms with Crippen LogP contribution < -0.4 is 10.1 Å². The molecule has 0 aromatic heterocycles. The molecule has 1 aromatic rings. The molecule has 0 aliphatic heterocycles. The maximum atomic E-state index is 12.2. The fourth-order valence-corrected chi connectivity index (χ4v) is 1.29. The van der Waals surface area contributed by atoms with E-state index >= 15 is 0 Å². The van der Waals surface area contributed by atoms with Crippen LogP contribution in [-0.4, -0.2) is 6.61 Å². The van der Waals surface area contributed by atoms with Gasteiger partial charge in [0, 0.05) is 6.20 Å². The monoisotopic (exact) mass is 269 g/mol. The van der Waals surface area contributed by atoms with E-state index in [4.69, 9.17) is 22.1 Å². The SMILES string of the molecule is N#CC(C#N)=CNc1cccc(Cl)c1OC(F)F. The molecule has 0 fully saturated rings.